The maximum Gasteiger partial charge on any atom is 0.163 e. The minimum atomic E-state index is 0.0701. The van der Waals surface area contributed by atoms with Crippen LogP contribution in [0, 0.1) is 6.92 Å². The molecule has 0 bridgehead atoms. The molecule has 1 aliphatic carbocycles. The molecule has 1 aromatic carbocycles. The fourth-order valence-corrected chi connectivity index (χ4v) is 3.68. The molecule has 1 unspecified atom stereocenters. The van der Waals surface area contributed by atoms with Crippen LogP contribution in [-0.4, -0.2) is 11.0 Å². The summed E-state index contributed by atoms with van der Waals surface area (Å²) in [5.41, 5.74) is 1.95. The SMILES string of the molecule is CC(=O)c1cc(C(SC2CC2)c2ccccc2)oc1C. The van der Waals surface area contributed by atoms with Gasteiger partial charge in [0.25, 0.3) is 0 Å². The monoisotopic (exact) mass is 286 g/mol. The number of furan rings is 1. The van der Waals surface area contributed by atoms with Gasteiger partial charge in [0.05, 0.1) is 10.8 Å². The summed E-state index contributed by atoms with van der Waals surface area (Å²) >= 11 is 1.95. The van der Waals surface area contributed by atoms with Gasteiger partial charge in [0.2, 0.25) is 0 Å². The molecule has 0 radical (unpaired) electrons. The molecule has 3 rings (SSSR count). The summed E-state index contributed by atoms with van der Waals surface area (Å²) in [6.45, 7) is 3.46. The fourth-order valence-electron chi connectivity index (χ4n) is 2.32. The van der Waals surface area contributed by atoms with Crippen LogP contribution in [0.3, 0.4) is 0 Å². The Labute approximate surface area is 123 Å². The molecule has 2 nitrogen and oxygen atoms in total. The van der Waals surface area contributed by atoms with Crippen LogP contribution in [0.5, 0.6) is 0 Å². The Bertz CT molecular complexity index is 611. The van der Waals surface area contributed by atoms with E-state index in [1.54, 1.807) is 6.92 Å². The molecule has 1 heterocycles. The summed E-state index contributed by atoms with van der Waals surface area (Å²) < 4.78 is 5.88. The average molecular weight is 286 g/mol. The highest BCUT2D eigenvalue weighted by Crippen LogP contribution is 2.47. The van der Waals surface area contributed by atoms with Crippen molar-refractivity contribution in [2.45, 2.75) is 37.2 Å². The third kappa shape index (κ3) is 2.83. The molecule has 1 aliphatic rings. The molecule has 1 saturated carbocycles. The molecule has 1 aromatic heterocycles. The maximum atomic E-state index is 11.6. The fraction of sp³-hybridized carbons (Fsp3) is 0.353. The van der Waals surface area contributed by atoms with Crippen LogP contribution in [0.2, 0.25) is 0 Å². The van der Waals surface area contributed by atoms with Crippen molar-refractivity contribution < 1.29 is 9.21 Å². The highest BCUT2D eigenvalue weighted by Gasteiger charge is 2.30. The third-order valence-corrected chi connectivity index (χ3v) is 5.16. The summed E-state index contributed by atoms with van der Waals surface area (Å²) in [7, 11) is 0. The highest BCUT2D eigenvalue weighted by atomic mass is 32.2. The lowest BCUT2D eigenvalue weighted by atomic mass is 10.1. The Morgan fingerprint density at radius 2 is 2.00 bits per heavy atom. The lowest BCUT2D eigenvalue weighted by Gasteiger charge is -2.14. The van der Waals surface area contributed by atoms with Gasteiger partial charge in [-0.2, -0.15) is 0 Å². The maximum absolute atomic E-state index is 11.6. The molecule has 0 spiro atoms. The van der Waals surface area contributed by atoms with E-state index >= 15 is 0 Å². The number of carbonyl (C=O) groups excluding carboxylic acids is 1. The molecule has 1 atom stereocenters. The van der Waals surface area contributed by atoms with Crippen LogP contribution in [0.15, 0.2) is 40.8 Å². The molecule has 0 amide bonds. The zero-order valence-corrected chi connectivity index (χ0v) is 12.6. The first kappa shape index (κ1) is 13.5. The van der Waals surface area contributed by atoms with E-state index in [2.05, 4.69) is 24.3 Å². The average Bonchev–Trinajstić information content (AvgIpc) is 3.18. The van der Waals surface area contributed by atoms with Crippen molar-refractivity contribution in [3.8, 4) is 0 Å². The van der Waals surface area contributed by atoms with Crippen molar-refractivity contribution in [2.75, 3.05) is 0 Å². The summed E-state index contributed by atoms with van der Waals surface area (Å²) in [5.74, 6) is 1.70. The Morgan fingerprint density at radius 3 is 2.55 bits per heavy atom. The van der Waals surface area contributed by atoms with E-state index in [1.807, 2.05) is 30.8 Å². The first-order chi connectivity index (χ1) is 9.65. The number of aryl methyl sites for hydroxylation is 1. The van der Waals surface area contributed by atoms with Crippen molar-refractivity contribution in [3.63, 3.8) is 0 Å². The lowest BCUT2D eigenvalue weighted by Crippen LogP contribution is -1.97. The van der Waals surface area contributed by atoms with Gasteiger partial charge in [-0.15, -0.1) is 11.8 Å². The smallest absolute Gasteiger partial charge is 0.163 e. The van der Waals surface area contributed by atoms with Crippen LogP contribution in [-0.2, 0) is 0 Å². The lowest BCUT2D eigenvalue weighted by molar-refractivity contribution is 0.101. The summed E-state index contributed by atoms with van der Waals surface area (Å²) in [6, 6.07) is 12.3. The standard InChI is InChI=1S/C17H18O2S/c1-11(18)15-10-16(19-12(15)2)17(20-14-8-9-14)13-6-4-3-5-7-13/h3-7,10,14,17H,8-9H2,1-2H3. The second kappa shape index (κ2) is 5.49. The zero-order valence-electron chi connectivity index (χ0n) is 11.8. The van der Waals surface area contributed by atoms with Crippen LogP contribution >= 0.6 is 11.8 Å². The van der Waals surface area contributed by atoms with E-state index in [0.29, 0.717) is 5.56 Å². The Balaban J connectivity index is 1.96. The molecule has 20 heavy (non-hydrogen) atoms. The van der Waals surface area contributed by atoms with Crippen molar-refractivity contribution in [3.05, 3.63) is 59.0 Å². The first-order valence-corrected chi connectivity index (χ1v) is 7.91. The Kier molecular flexibility index (Phi) is 3.70. The van der Waals surface area contributed by atoms with Gasteiger partial charge in [0.15, 0.2) is 5.78 Å². The molecular formula is C17H18O2S. The predicted molar refractivity (Wildman–Crippen MR) is 82.3 cm³/mol. The number of Topliss-reactive ketones (excluding diaryl/α,β-unsaturated/α-hetero) is 1. The molecule has 104 valence electrons. The number of hydrogen-bond acceptors (Lipinski definition) is 3. The van der Waals surface area contributed by atoms with E-state index in [-0.39, 0.29) is 11.0 Å². The number of ketones is 1. The summed E-state index contributed by atoms with van der Waals surface area (Å²) in [5, 5.41) is 0.918. The third-order valence-electron chi connectivity index (χ3n) is 3.53. The molecule has 0 saturated heterocycles. The van der Waals surface area contributed by atoms with Crippen LogP contribution in [0.25, 0.3) is 0 Å². The normalized spacial score (nSPS) is 16.1. The predicted octanol–water partition coefficient (Wildman–Crippen LogP) is 4.78. The van der Waals surface area contributed by atoms with Crippen molar-refractivity contribution in [2.24, 2.45) is 0 Å². The minimum absolute atomic E-state index is 0.0701. The van der Waals surface area contributed by atoms with Crippen molar-refractivity contribution >= 4 is 17.5 Å². The van der Waals surface area contributed by atoms with Gasteiger partial charge in [0.1, 0.15) is 11.5 Å². The van der Waals surface area contributed by atoms with E-state index < -0.39 is 0 Å². The van der Waals surface area contributed by atoms with Crippen LogP contribution in [0.1, 0.15) is 52.5 Å². The summed E-state index contributed by atoms with van der Waals surface area (Å²) in [6.07, 6.45) is 2.57. The number of thioether (sulfide) groups is 1. The van der Waals surface area contributed by atoms with Gasteiger partial charge < -0.3 is 4.42 Å². The molecule has 0 N–H and O–H groups in total. The van der Waals surface area contributed by atoms with Crippen LogP contribution in [0.4, 0.5) is 0 Å². The van der Waals surface area contributed by atoms with E-state index in [0.717, 1.165) is 16.8 Å². The number of rotatable bonds is 5. The molecular weight excluding hydrogens is 268 g/mol. The van der Waals surface area contributed by atoms with Gasteiger partial charge in [-0.3, -0.25) is 4.79 Å². The second-order valence-electron chi connectivity index (χ2n) is 5.30. The van der Waals surface area contributed by atoms with Gasteiger partial charge in [-0.05, 0) is 38.3 Å². The topological polar surface area (TPSA) is 30.2 Å². The minimum Gasteiger partial charge on any atom is -0.464 e. The number of carbonyl (C=O) groups is 1. The number of benzene rings is 1. The second-order valence-corrected chi connectivity index (χ2v) is 6.71. The summed E-state index contributed by atoms with van der Waals surface area (Å²) in [4.78, 5) is 11.6. The quantitative estimate of drug-likeness (QED) is 0.741. The Morgan fingerprint density at radius 1 is 1.30 bits per heavy atom. The van der Waals surface area contributed by atoms with Gasteiger partial charge >= 0.3 is 0 Å². The molecule has 0 aliphatic heterocycles. The van der Waals surface area contributed by atoms with Crippen molar-refractivity contribution in [1.29, 1.82) is 0 Å². The zero-order chi connectivity index (χ0) is 14.1. The number of hydrogen-bond donors (Lipinski definition) is 0. The van der Waals surface area contributed by atoms with Crippen LogP contribution < -0.4 is 0 Å². The van der Waals surface area contributed by atoms with E-state index in [1.165, 1.54) is 18.4 Å². The molecule has 3 heteroatoms. The van der Waals surface area contributed by atoms with Gasteiger partial charge in [-0.1, -0.05) is 30.3 Å². The largest absolute Gasteiger partial charge is 0.464 e. The van der Waals surface area contributed by atoms with Gasteiger partial charge in [-0.25, -0.2) is 0 Å². The highest BCUT2D eigenvalue weighted by molar-refractivity contribution is 8.00. The van der Waals surface area contributed by atoms with Gasteiger partial charge in [0, 0.05) is 5.25 Å². The Hall–Kier alpha value is -1.48. The first-order valence-electron chi connectivity index (χ1n) is 6.97. The van der Waals surface area contributed by atoms with Crippen molar-refractivity contribution in [1.82, 2.24) is 0 Å². The molecule has 1 fully saturated rings. The van der Waals surface area contributed by atoms with E-state index in [4.69, 9.17) is 4.42 Å². The molecule has 2 aromatic rings. The van der Waals surface area contributed by atoms with E-state index in [9.17, 15) is 4.79 Å².